The van der Waals surface area contributed by atoms with Crippen molar-refractivity contribution in [1.29, 1.82) is 0 Å². The van der Waals surface area contributed by atoms with Gasteiger partial charge in [0.1, 0.15) is 5.75 Å². The summed E-state index contributed by atoms with van der Waals surface area (Å²) in [4.78, 5) is 12.4. The van der Waals surface area contributed by atoms with Gasteiger partial charge in [0.2, 0.25) is 0 Å². The van der Waals surface area contributed by atoms with E-state index in [1.165, 1.54) is 11.3 Å². The summed E-state index contributed by atoms with van der Waals surface area (Å²) in [5.41, 5.74) is 0.995. The Labute approximate surface area is 106 Å². The number of methoxy groups -OCH3 is 1. The van der Waals surface area contributed by atoms with E-state index in [1.807, 2.05) is 30.3 Å². The number of carbonyl (C=O) groups is 1. The Balaban J connectivity index is 2.53. The van der Waals surface area contributed by atoms with E-state index in [4.69, 9.17) is 4.74 Å². The fraction of sp³-hybridized carbons (Fsp3) is 0.0833. The van der Waals surface area contributed by atoms with Crippen molar-refractivity contribution in [2.75, 3.05) is 7.11 Å². The second kappa shape index (κ2) is 4.80. The van der Waals surface area contributed by atoms with Crippen LogP contribution in [0.5, 0.6) is 5.75 Å². The lowest BCUT2D eigenvalue weighted by molar-refractivity contribution is 0.112. The predicted octanol–water partition coefficient (Wildman–Crippen LogP) is 4.00. The van der Waals surface area contributed by atoms with Crippen molar-refractivity contribution in [3.8, 4) is 16.2 Å². The molecule has 2 nitrogen and oxygen atoms in total. The van der Waals surface area contributed by atoms with Gasteiger partial charge in [0.05, 0.1) is 12.0 Å². The number of hydrogen-bond acceptors (Lipinski definition) is 3. The monoisotopic (exact) mass is 296 g/mol. The third kappa shape index (κ3) is 2.18. The van der Waals surface area contributed by atoms with Gasteiger partial charge in [-0.05, 0) is 30.3 Å². The van der Waals surface area contributed by atoms with Crippen molar-refractivity contribution in [3.05, 3.63) is 39.7 Å². The molecule has 0 bridgehead atoms. The fourth-order valence-electron chi connectivity index (χ4n) is 1.43. The number of halogens is 1. The molecule has 0 spiro atoms. The van der Waals surface area contributed by atoms with Crippen LogP contribution in [0.15, 0.2) is 34.8 Å². The van der Waals surface area contributed by atoms with Crippen LogP contribution < -0.4 is 4.74 Å². The highest BCUT2D eigenvalue weighted by Gasteiger charge is 2.08. The smallest absolute Gasteiger partial charge is 0.160 e. The molecule has 1 aromatic heterocycles. The maximum absolute atomic E-state index is 10.6. The summed E-state index contributed by atoms with van der Waals surface area (Å²) in [6, 6.07) is 9.56. The van der Waals surface area contributed by atoms with Crippen LogP contribution in [0, 0.1) is 0 Å². The van der Waals surface area contributed by atoms with Crippen LogP contribution in [0.2, 0.25) is 0 Å². The lowest BCUT2D eigenvalue weighted by Gasteiger charge is -2.06. The molecule has 0 aliphatic heterocycles. The maximum Gasteiger partial charge on any atom is 0.160 e. The molecule has 2 aromatic rings. The summed E-state index contributed by atoms with van der Waals surface area (Å²) in [6.45, 7) is 0. The number of benzene rings is 1. The number of aldehydes is 1. The summed E-state index contributed by atoms with van der Waals surface area (Å²) in [5, 5.41) is 0. The standard InChI is InChI=1S/C12H9BrO2S/c1-15-11-4-2-8(13)6-10(11)12-5-3-9(7-14)16-12/h2-7H,1H3. The van der Waals surface area contributed by atoms with Crippen LogP contribution in [0.1, 0.15) is 9.67 Å². The Bertz CT molecular complexity index is 519. The first-order chi connectivity index (χ1) is 7.74. The lowest BCUT2D eigenvalue weighted by Crippen LogP contribution is -1.85. The zero-order valence-corrected chi connectivity index (χ0v) is 11.0. The van der Waals surface area contributed by atoms with Crippen molar-refractivity contribution in [2.24, 2.45) is 0 Å². The molecule has 0 aliphatic carbocycles. The van der Waals surface area contributed by atoms with Gasteiger partial charge in [0.15, 0.2) is 6.29 Å². The van der Waals surface area contributed by atoms with Crippen LogP contribution >= 0.6 is 27.3 Å². The first-order valence-electron chi connectivity index (χ1n) is 4.63. The topological polar surface area (TPSA) is 26.3 Å². The molecule has 2 rings (SSSR count). The van der Waals surface area contributed by atoms with Gasteiger partial charge in [-0.15, -0.1) is 11.3 Å². The Morgan fingerprint density at radius 2 is 2.12 bits per heavy atom. The zero-order valence-electron chi connectivity index (χ0n) is 8.57. The van der Waals surface area contributed by atoms with Gasteiger partial charge in [-0.3, -0.25) is 4.79 Å². The van der Waals surface area contributed by atoms with Crippen molar-refractivity contribution in [2.45, 2.75) is 0 Å². The summed E-state index contributed by atoms with van der Waals surface area (Å²) >= 11 is 4.88. The summed E-state index contributed by atoms with van der Waals surface area (Å²) < 4.78 is 6.29. The fourth-order valence-corrected chi connectivity index (χ4v) is 2.64. The molecule has 0 radical (unpaired) electrons. The molecule has 0 saturated heterocycles. The van der Waals surface area contributed by atoms with E-state index in [1.54, 1.807) is 7.11 Å². The van der Waals surface area contributed by atoms with Crippen LogP contribution in [0.3, 0.4) is 0 Å². The second-order valence-corrected chi connectivity index (χ2v) is 5.20. The highest BCUT2D eigenvalue weighted by Crippen LogP contribution is 2.36. The number of thiophene rings is 1. The molecule has 0 aliphatic rings. The number of rotatable bonds is 3. The summed E-state index contributed by atoms with van der Waals surface area (Å²) in [7, 11) is 1.64. The van der Waals surface area contributed by atoms with E-state index in [-0.39, 0.29) is 0 Å². The molecule has 1 heterocycles. The minimum Gasteiger partial charge on any atom is -0.496 e. The lowest BCUT2D eigenvalue weighted by atomic mass is 10.1. The predicted molar refractivity (Wildman–Crippen MR) is 69.4 cm³/mol. The van der Waals surface area contributed by atoms with E-state index in [2.05, 4.69) is 15.9 Å². The van der Waals surface area contributed by atoms with E-state index in [0.29, 0.717) is 0 Å². The van der Waals surface area contributed by atoms with Gasteiger partial charge in [-0.25, -0.2) is 0 Å². The first kappa shape index (κ1) is 11.4. The van der Waals surface area contributed by atoms with Crippen LogP contribution in [-0.2, 0) is 0 Å². The van der Waals surface area contributed by atoms with E-state index in [0.717, 1.165) is 31.8 Å². The number of hydrogen-bond donors (Lipinski definition) is 0. The molecule has 4 heteroatoms. The van der Waals surface area contributed by atoms with Gasteiger partial charge >= 0.3 is 0 Å². The molecule has 0 unspecified atom stereocenters. The minimum atomic E-state index is 0.719. The van der Waals surface area contributed by atoms with Crippen LogP contribution in [0.25, 0.3) is 10.4 Å². The summed E-state index contributed by atoms with van der Waals surface area (Å²) in [5.74, 6) is 0.808. The molecule has 0 N–H and O–H groups in total. The van der Waals surface area contributed by atoms with E-state index < -0.39 is 0 Å². The quantitative estimate of drug-likeness (QED) is 0.800. The Hall–Kier alpha value is -1.13. The van der Waals surface area contributed by atoms with Crippen molar-refractivity contribution in [3.63, 3.8) is 0 Å². The van der Waals surface area contributed by atoms with Crippen molar-refractivity contribution in [1.82, 2.24) is 0 Å². The molecular formula is C12H9BrO2S. The largest absolute Gasteiger partial charge is 0.496 e. The SMILES string of the molecule is COc1ccc(Br)cc1-c1ccc(C=O)s1. The van der Waals surface area contributed by atoms with Gasteiger partial charge < -0.3 is 4.74 Å². The van der Waals surface area contributed by atoms with Crippen molar-refractivity contribution < 1.29 is 9.53 Å². The summed E-state index contributed by atoms with van der Waals surface area (Å²) in [6.07, 6.45) is 0.860. The van der Waals surface area contributed by atoms with Crippen molar-refractivity contribution >= 4 is 33.6 Å². The molecule has 0 fully saturated rings. The Kier molecular flexibility index (Phi) is 3.41. The Morgan fingerprint density at radius 3 is 2.75 bits per heavy atom. The zero-order chi connectivity index (χ0) is 11.5. The van der Waals surface area contributed by atoms with Gasteiger partial charge in [0, 0.05) is 14.9 Å². The maximum atomic E-state index is 10.6. The van der Waals surface area contributed by atoms with Crippen LogP contribution in [0.4, 0.5) is 0 Å². The Morgan fingerprint density at radius 1 is 1.31 bits per heavy atom. The minimum absolute atomic E-state index is 0.719. The third-order valence-corrected chi connectivity index (χ3v) is 3.71. The molecule has 0 saturated carbocycles. The third-order valence-electron chi connectivity index (χ3n) is 2.17. The molecule has 1 aromatic carbocycles. The van der Waals surface area contributed by atoms with Gasteiger partial charge in [-0.2, -0.15) is 0 Å². The average Bonchev–Trinajstić information content (AvgIpc) is 2.77. The number of ether oxygens (including phenoxy) is 1. The highest BCUT2D eigenvalue weighted by atomic mass is 79.9. The molecule has 82 valence electrons. The molecular weight excluding hydrogens is 288 g/mol. The van der Waals surface area contributed by atoms with Gasteiger partial charge in [-0.1, -0.05) is 15.9 Å². The second-order valence-electron chi connectivity index (χ2n) is 3.16. The van der Waals surface area contributed by atoms with E-state index >= 15 is 0 Å². The van der Waals surface area contributed by atoms with E-state index in [9.17, 15) is 4.79 Å². The first-order valence-corrected chi connectivity index (χ1v) is 6.24. The van der Waals surface area contributed by atoms with Gasteiger partial charge in [0.25, 0.3) is 0 Å². The normalized spacial score (nSPS) is 10.1. The molecule has 0 amide bonds. The molecule has 0 atom stereocenters. The number of carbonyl (C=O) groups excluding carboxylic acids is 1. The molecule has 16 heavy (non-hydrogen) atoms. The highest BCUT2D eigenvalue weighted by molar-refractivity contribution is 9.10. The average molecular weight is 297 g/mol. The van der Waals surface area contributed by atoms with Crippen LogP contribution in [-0.4, -0.2) is 13.4 Å².